The summed E-state index contributed by atoms with van der Waals surface area (Å²) in [5.41, 5.74) is 1.53. The van der Waals surface area contributed by atoms with Crippen LogP contribution < -0.4 is 18.9 Å². The summed E-state index contributed by atoms with van der Waals surface area (Å²) >= 11 is 0. The van der Waals surface area contributed by atoms with Crippen molar-refractivity contribution in [2.45, 2.75) is 6.61 Å². The number of aliphatic carboxylic acids is 1. The molecule has 0 radical (unpaired) electrons. The number of benzene rings is 2. The number of carboxylic acids is 1. The van der Waals surface area contributed by atoms with Crippen molar-refractivity contribution in [3.63, 3.8) is 0 Å². The molecule has 0 saturated heterocycles. The van der Waals surface area contributed by atoms with Gasteiger partial charge in [-0.25, -0.2) is 4.79 Å². The Hall–Kier alpha value is -3.15. The number of hydrogen-bond donors (Lipinski definition) is 1. The van der Waals surface area contributed by atoms with E-state index in [9.17, 15) is 4.79 Å². The maximum atomic E-state index is 10.7. The first kappa shape index (κ1) is 18.2. The van der Waals surface area contributed by atoms with Crippen molar-refractivity contribution in [1.82, 2.24) is 0 Å². The molecule has 0 fully saturated rings. The van der Waals surface area contributed by atoms with Crippen molar-refractivity contribution in [1.29, 1.82) is 0 Å². The fraction of sp³-hybridized carbons (Fsp3) is 0.211. The minimum absolute atomic E-state index is 0.244. The van der Waals surface area contributed by atoms with E-state index in [2.05, 4.69) is 0 Å². The minimum atomic E-state index is -1.00. The predicted molar refractivity (Wildman–Crippen MR) is 93.5 cm³/mol. The van der Waals surface area contributed by atoms with Gasteiger partial charge in [0.15, 0.2) is 0 Å². The highest BCUT2D eigenvalue weighted by Gasteiger charge is 2.07. The van der Waals surface area contributed by atoms with E-state index < -0.39 is 5.97 Å². The molecule has 2 aromatic rings. The Morgan fingerprint density at radius 3 is 2.16 bits per heavy atom. The molecule has 0 saturated carbocycles. The van der Waals surface area contributed by atoms with Crippen LogP contribution in [0.2, 0.25) is 0 Å². The first-order chi connectivity index (χ1) is 12.0. The fourth-order valence-corrected chi connectivity index (χ4v) is 2.21. The summed E-state index contributed by atoms with van der Waals surface area (Å²) in [6.45, 7) is 0.244. The first-order valence-electron chi connectivity index (χ1n) is 7.49. The Balaban J connectivity index is 2.21. The van der Waals surface area contributed by atoms with Crippen molar-refractivity contribution in [2.24, 2.45) is 0 Å². The average molecular weight is 344 g/mol. The van der Waals surface area contributed by atoms with Gasteiger partial charge in [-0.1, -0.05) is 6.07 Å². The van der Waals surface area contributed by atoms with Crippen molar-refractivity contribution in [2.75, 3.05) is 21.3 Å². The molecular weight excluding hydrogens is 324 g/mol. The van der Waals surface area contributed by atoms with Gasteiger partial charge in [0.25, 0.3) is 0 Å². The SMILES string of the molecule is COc1cc(OC)cc(OCc2cc(C=CC(=O)O)ccc2OC)c1. The van der Waals surface area contributed by atoms with Crippen molar-refractivity contribution in [3.05, 3.63) is 53.6 Å². The van der Waals surface area contributed by atoms with Gasteiger partial charge in [-0.3, -0.25) is 0 Å². The zero-order valence-electron chi connectivity index (χ0n) is 14.3. The van der Waals surface area contributed by atoms with Crippen LogP contribution in [0.4, 0.5) is 0 Å². The summed E-state index contributed by atoms with van der Waals surface area (Å²) in [6.07, 6.45) is 2.60. The molecule has 0 atom stereocenters. The van der Waals surface area contributed by atoms with Crippen LogP contribution in [0.3, 0.4) is 0 Å². The second-order valence-corrected chi connectivity index (χ2v) is 5.08. The van der Waals surface area contributed by atoms with E-state index in [-0.39, 0.29) is 6.61 Å². The maximum absolute atomic E-state index is 10.7. The van der Waals surface area contributed by atoms with Crippen molar-refractivity contribution < 1.29 is 28.8 Å². The molecule has 0 aliphatic heterocycles. The second kappa shape index (κ2) is 8.63. The standard InChI is InChI=1S/C19H20O6/c1-22-15-9-16(23-2)11-17(10-15)25-12-14-8-13(5-7-19(20)21)4-6-18(14)24-3/h4-11H,12H2,1-3H3,(H,20,21). The number of rotatable bonds is 8. The number of carbonyl (C=O) groups is 1. The third kappa shape index (κ3) is 5.17. The van der Waals surface area contributed by atoms with Crippen LogP contribution in [0.15, 0.2) is 42.5 Å². The molecule has 0 aromatic heterocycles. The molecule has 0 heterocycles. The summed E-state index contributed by atoms with van der Waals surface area (Å²) in [7, 11) is 4.71. The first-order valence-corrected chi connectivity index (χ1v) is 7.49. The number of ether oxygens (including phenoxy) is 4. The van der Waals surface area contributed by atoms with Crippen LogP contribution in [0.1, 0.15) is 11.1 Å². The lowest BCUT2D eigenvalue weighted by molar-refractivity contribution is -0.131. The van der Waals surface area contributed by atoms with Crippen LogP contribution in [-0.2, 0) is 11.4 Å². The van der Waals surface area contributed by atoms with E-state index in [1.807, 2.05) is 6.07 Å². The second-order valence-electron chi connectivity index (χ2n) is 5.08. The van der Waals surface area contributed by atoms with E-state index in [1.54, 1.807) is 51.7 Å². The van der Waals surface area contributed by atoms with E-state index in [0.717, 1.165) is 17.2 Å². The Morgan fingerprint density at radius 2 is 1.60 bits per heavy atom. The largest absolute Gasteiger partial charge is 0.496 e. The molecule has 0 bridgehead atoms. The normalized spacial score (nSPS) is 10.5. The van der Waals surface area contributed by atoms with Gasteiger partial charge < -0.3 is 24.1 Å². The summed E-state index contributed by atoms with van der Waals surface area (Å²) in [4.78, 5) is 10.7. The molecule has 25 heavy (non-hydrogen) atoms. The Labute approximate surface area is 146 Å². The van der Waals surface area contributed by atoms with E-state index in [0.29, 0.717) is 23.0 Å². The van der Waals surface area contributed by atoms with Crippen LogP contribution >= 0.6 is 0 Å². The van der Waals surface area contributed by atoms with Gasteiger partial charge in [0.1, 0.15) is 29.6 Å². The minimum Gasteiger partial charge on any atom is -0.496 e. The molecule has 0 aliphatic carbocycles. The molecule has 0 unspecified atom stereocenters. The zero-order chi connectivity index (χ0) is 18.2. The summed E-state index contributed by atoms with van der Waals surface area (Å²) in [6, 6.07) is 10.6. The maximum Gasteiger partial charge on any atom is 0.328 e. The molecule has 2 rings (SSSR count). The fourth-order valence-electron chi connectivity index (χ4n) is 2.21. The van der Waals surface area contributed by atoms with Gasteiger partial charge in [-0.15, -0.1) is 0 Å². The summed E-state index contributed by atoms with van der Waals surface area (Å²) in [5.74, 6) is 1.49. The van der Waals surface area contributed by atoms with Gasteiger partial charge in [-0.2, -0.15) is 0 Å². The van der Waals surface area contributed by atoms with Crippen LogP contribution in [0, 0.1) is 0 Å². The highest BCUT2D eigenvalue weighted by molar-refractivity contribution is 5.85. The van der Waals surface area contributed by atoms with Crippen LogP contribution in [-0.4, -0.2) is 32.4 Å². The number of carboxylic acid groups (broad SMARTS) is 1. The average Bonchev–Trinajstić information content (AvgIpc) is 2.64. The highest BCUT2D eigenvalue weighted by Crippen LogP contribution is 2.29. The van der Waals surface area contributed by atoms with E-state index >= 15 is 0 Å². The summed E-state index contributed by atoms with van der Waals surface area (Å²) < 4.78 is 21.6. The molecule has 132 valence electrons. The smallest absolute Gasteiger partial charge is 0.328 e. The topological polar surface area (TPSA) is 74.2 Å². The lowest BCUT2D eigenvalue weighted by atomic mass is 10.1. The number of methoxy groups -OCH3 is 3. The highest BCUT2D eigenvalue weighted by atomic mass is 16.5. The molecule has 0 spiro atoms. The zero-order valence-corrected chi connectivity index (χ0v) is 14.3. The lowest BCUT2D eigenvalue weighted by Crippen LogP contribution is -2.00. The van der Waals surface area contributed by atoms with E-state index in [1.165, 1.54) is 6.08 Å². The molecule has 0 aliphatic rings. The third-order valence-electron chi connectivity index (χ3n) is 3.44. The van der Waals surface area contributed by atoms with Crippen LogP contribution in [0.5, 0.6) is 23.0 Å². The van der Waals surface area contributed by atoms with Crippen molar-refractivity contribution >= 4 is 12.0 Å². The Morgan fingerprint density at radius 1 is 0.960 bits per heavy atom. The van der Waals surface area contributed by atoms with E-state index in [4.69, 9.17) is 24.1 Å². The van der Waals surface area contributed by atoms with Gasteiger partial charge in [0.05, 0.1) is 21.3 Å². The predicted octanol–water partition coefficient (Wildman–Crippen LogP) is 3.39. The molecule has 6 nitrogen and oxygen atoms in total. The summed E-state index contributed by atoms with van der Waals surface area (Å²) in [5, 5.41) is 8.74. The van der Waals surface area contributed by atoms with Gasteiger partial charge >= 0.3 is 5.97 Å². The van der Waals surface area contributed by atoms with Gasteiger partial charge in [-0.05, 0) is 23.8 Å². The molecule has 2 aromatic carbocycles. The van der Waals surface area contributed by atoms with Crippen LogP contribution in [0.25, 0.3) is 6.08 Å². The Bertz CT molecular complexity index is 744. The third-order valence-corrected chi connectivity index (χ3v) is 3.44. The number of hydrogen-bond acceptors (Lipinski definition) is 5. The van der Waals surface area contributed by atoms with Crippen molar-refractivity contribution in [3.8, 4) is 23.0 Å². The van der Waals surface area contributed by atoms with Gasteiger partial charge in [0.2, 0.25) is 0 Å². The van der Waals surface area contributed by atoms with Gasteiger partial charge in [0, 0.05) is 29.8 Å². The molecule has 1 N–H and O–H groups in total. The Kier molecular flexibility index (Phi) is 6.28. The molecule has 0 amide bonds. The molecular formula is C19H20O6. The molecule has 6 heteroatoms. The lowest BCUT2D eigenvalue weighted by Gasteiger charge is -2.13. The monoisotopic (exact) mass is 344 g/mol. The quantitative estimate of drug-likeness (QED) is 0.740.